The Hall–Kier alpha value is -2.03. The first-order valence-corrected chi connectivity index (χ1v) is 10.4. The second-order valence-corrected chi connectivity index (χ2v) is 7.83. The molecule has 2 aromatic rings. The van der Waals surface area contributed by atoms with E-state index >= 15 is 0 Å². The van der Waals surface area contributed by atoms with Crippen LogP contribution >= 0.6 is 45.8 Å². The Labute approximate surface area is 192 Å². The molecule has 0 N–H and O–H groups in total. The predicted molar refractivity (Wildman–Crippen MR) is 123 cm³/mol. The fourth-order valence-corrected chi connectivity index (χ4v) is 3.83. The van der Waals surface area contributed by atoms with Crippen molar-refractivity contribution in [3.63, 3.8) is 0 Å². The molecule has 150 valence electrons. The highest BCUT2D eigenvalue weighted by Crippen LogP contribution is 2.35. The van der Waals surface area contributed by atoms with Crippen molar-refractivity contribution in [2.24, 2.45) is 4.99 Å². The molecule has 0 fully saturated rings. The van der Waals surface area contributed by atoms with Gasteiger partial charge in [-0.2, -0.15) is 0 Å². The van der Waals surface area contributed by atoms with Crippen LogP contribution in [0.2, 0.25) is 10.0 Å². The molecule has 3 rings (SSSR count). The van der Waals surface area contributed by atoms with Crippen molar-refractivity contribution < 1.29 is 19.0 Å². The van der Waals surface area contributed by atoms with E-state index in [1.807, 2.05) is 13.0 Å². The highest BCUT2D eigenvalue weighted by Gasteiger charge is 2.26. The van der Waals surface area contributed by atoms with E-state index in [2.05, 4.69) is 34.2 Å². The van der Waals surface area contributed by atoms with Crippen molar-refractivity contribution >= 4 is 63.7 Å². The zero-order valence-electron chi connectivity index (χ0n) is 15.4. The minimum absolute atomic E-state index is 0.133. The molecule has 0 amide bonds. The van der Waals surface area contributed by atoms with E-state index in [4.69, 9.17) is 37.4 Å². The molecule has 0 bridgehead atoms. The number of benzene rings is 2. The first-order chi connectivity index (χ1) is 13.9. The van der Waals surface area contributed by atoms with Gasteiger partial charge < -0.3 is 14.2 Å². The van der Waals surface area contributed by atoms with E-state index < -0.39 is 5.97 Å². The summed E-state index contributed by atoms with van der Waals surface area (Å²) in [4.78, 5) is 16.6. The Balaban J connectivity index is 1.97. The van der Waals surface area contributed by atoms with E-state index in [9.17, 15) is 4.79 Å². The van der Waals surface area contributed by atoms with Gasteiger partial charge in [0.25, 0.3) is 0 Å². The van der Waals surface area contributed by atoms with Crippen molar-refractivity contribution in [2.45, 2.75) is 6.92 Å². The van der Waals surface area contributed by atoms with Crippen LogP contribution in [-0.2, 0) is 9.53 Å². The molecule has 0 aliphatic carbocycles. The van der Waals surface area contributed by atoms with Crippen molar-refractivity contribution in [1.29, 1.82) is 0 Å². The number of esters is 1. The van der Waals surface area contributed by atoms with Crippen LogP contribution in [0.15, 0.2) is 53.7 Å². The molecular formula is C21H16Cl2INO4. The maximum atomic E-state index is 12.3. The monoisotopic (exact) mass is 543 g/mol. The summed E-state index contributed by atoms with van der Waals surface area (Å²) < 4.78 is 17.5. The van der Waals surface area contributed by atoms with Gasteiger partial charge in [-0.15, -0.1) is 0 Å². The van der Waals surface area contributed by atoms with Crippen LogP contribution in [-0.4, -0.2) is 25.1 Å². The van der Waals surface area contributed by atoms with E-state index in [1.54, 1.807) is 36.4 Å². The van der Waals surface area contributed by atoms with Gasteiger partial charge in [0.2, 0.25) is 5.90 Å². The second-order valence-electron chi connectivity index (χ2n) is 5.82. The van der Waals surface area contributed by atoms with Gasteiger partial charge in [0.05, 0.1) is 20.8 Å². The summed E-state index contributed by atoms with van der Waals surface area (Å²) in [5, 5.41) is 0.832. The largest absolute Gasteiger partial charge is 0.490 e. The van der Waals surface area contributed by atoms with Gasteiger partial charge in [-0.1, -0.05) is 35.9 Å². The lowest BCUT2D eigenvalue weighted by atomic mass is 10.1. The summed E-state index contributed by atoms with van der Waals surface area (Å²) in [5.74, 6) is 0.768. The first kappa shape index (κ1) is 21.7. The molecule has 8 heteroatoms. The number of hydrogen-bond donors (Lipinski definition) is 0. The number of hydrogen-bond acceptors (Lipinski definition) is 5. The number of aliphatic imine (C=N–C) groups is 1. The Morgan fingerprint density at radius 1 is 1.24 bits per heavy atom. The Kier molecular flexibility index (Phi) is 7.21. The minimum atomic E-state index is -0.564. The molecule has 5 nitrogen and oxygen atoms in total. The topological polar surface area (TPSA) is 57.1 Å². The summed E-state index contributed by atoms with van der Waals surface area (Å²) in [7, 11) is 0. The Morgan fingerprint density at radius 2 is 2.03 bits per heavy atom. The van der Waals surface area contributed by atoms with Gasteiger partial charge in [0, 0.05) is 5.02 Å². The maximum Gasteiger partial charge on any atom is 0.363 e. The van der Waals surface area contributed by atoms with Crippen LogP contribution in [0.25, 0.3) is 6.08 Å². The van der Waals surface area contributed by atoms with Gasteiger partial charge >= 0.3 is 5.97 Å². The summed E-state index contributed by atoms with van der Waals surface area (Å²) in [6.45, 7) is 6.37. The van der Waals surface area contributed by atoms with E-state index in [-0.39, 0.29) is 11.6 Å². The quantitative estimate of drug-likeness (QED) is 0.189. The molecule has 0 unspecified atom stereocenters. The van der Waals surface area contributed by atoms with Crippen molar-refractivity contribution in [3.8, 4) is 11.5 Å². The van der Waals surface area contributed by atoms with E-state index in [1.165, 1.54) is 0 Å². The maximum absolute atomic E-state index is 12.3. The fraction of sp³-hybridized carbons (Fsp3) is 0.143. The number of carbonyl (C=O) groups excluding carboxylic acids is 1. The summed E-state index contributed by atoms with van der Waals surface area (Å²) in [6.07, 6.45) is 3.29. The molecule has 2 aromatic carbocycles. The number of ether oxygens (including phenoxy) is 3. The fourth-order valence-electron chi connectivity index (χ4n) is 2.56. The van der Waals surface area contributed by atoms with Crippen molar-refractivity contribution in [2.75, 3.05) is 13.2 Å². The molecule has 1 aliphatic rings. The number of nitrogens with zero attached hydrogens (tertiary/aromatic N) is 1. The van der Waals surface area contributed by atoms with Crippen molar-refractivity contribution in [3.05, 3.63) is 73.4 Å². The SMILES string of the molecule is C=CCOc1c(I)cc(/C=C2\N=C(c3ccc(Cl)cc3Cl)OC2=O)cc1OCC. The van der Waals surface area contributed by atoms with Crippen molar-refractivity contribution in [1.82, 2.24) is 0 Å². The van der Waals surface area contributed by atoms with Gasteiger partial charge in [0.1, 0.15) is 6.61 Å². The third-order valence-electron chi connectivity index (χ3n) is 3.76. The third-order valence-corrected chi connectivity index (χ3v) is 5.11. The van der Waals surface area contributed by atoms with Crippen LogP contribution in [0.3, 0.4) is 0 Å². The molecule has 0 spiro atoms. The number of carbonyl (C=O) groups is 1. The van der Waals surface area contributed by atoms with E-state index in [0.717, 1.165) is 9.13 Å². The van der Waals surface area contributed by atoms with E-state index in [0.29, 0.717) is 40.3 Å². The van der Waals surface area contributed by atoms with Crippen LogP contribution < -0.4 is 9.47 Å². The van der Waals surface area contributed by atoms with Crippen LogP contribution in [0.5, 0.6) is 11.5 Å². The summed E-state index contributed by atoms with van der Waals surface area (Å²) in [5.41, 5.74) is 1.37. The third kappa shape index (κ3) is 5.12. The lowest BCUT2D eigenvalue weighted by Gasteiger charge is -2.13. The standard InChI is InChI=1S/C21H16Cl2INO4/c1-3-7-28-19-16(24)8-12(10-18(19)27-4-2)9-17-21(26)29-20(25-17)14-6-5-13(22)11-15(14)23/h3,5-6,8-11H,1,4,7H2,2H3/b17-9-. The normalized spacial score (nSPS) is 14.6. The number of cyclic esters (lactones) is 1. The van der Waals surface area contributed by atoms with Crippen LogP contribution in [0.4, 0.5) is 0 Å². The summed E-state index contributed by atoms with van der Waals surface area (Å²) >= 11 is 14.3. The van der Waals surface area contributed by atoms with Gasteiger partial charge in [-0.3, -0.25) is 0 Å². The molecule has 0 radical (unpaired) electrons. The van der Waals surface area contributed by atoms with Crippen LogP contribution in [0.1, 0.15) is 18.1 Å². The number of halogens is 3. The smallest absolute Gasteiger partial charge is 0.363 e. The molecule has 1 aliphatic heterocycles. The average molecular weight is 544 g/mol. The molecule has 0 saturated carbocycles. The highest BCUT2D eigenvalue weighted by atomic mass is 127. The average Bonchev–Trinajstić information content (AvgIpc) is 3.01. The zero-order valence-corrected chi connectivity index (χ0v) is 19.0. The van der Waals surface area contributed by atoms with Gasteiger partial charge in [-0.25, -0.2) is 9.79 Å². The van der Waals surface area contributed by atoms with Gasteiger partial charge in [-0.05, 0) is 71.5 Å². The lowest BCUT2D eigenvalue weighted by Crippen LogP contribution is -2.06. The number of rotatable bonds is 7. The Morgan fingerprint density at radius 3 is 2.72 bits per heavy atom. The van der Waals surface area contributed by atoms with Crippen LogP contribution in [0, 0.1) is 3.57 Å². The molecule has 0 aromatic heterocycles. The minimum Gasteiger partial charge on any atom is -0.490 e. The molecule has 0 atom stereocenters. The predicted octanol–water partition coefficient (Wildman–Crippen LogP) is 5.91. The Bertz CT molecular complexity index is 1030. The first-order valence-electron chi connectivity index (χ1n) is 8.61. The molecule has 0 saturated heterocycles. The molecule has 29 heavy (non-hydrogen) atoms. The highest BCUT2D eigenvalue weighted by molar-refractivity contribution is 14.1. The molecule has 1 heterocycles. The zero-order chi connectivity index (χ0) is 21.0. The lowest BCUT2D eigenvalue weighted by molar-refractivity contribution is -0.129. The summed E-state index contributed by atoms with van der Waals surface area (Å²) in [6, 6.07) is 8.52. The van der Waals surface area contributed by atoms with Gasteiger partial charge in [0.15, 0.2) is 17.2 Å². The molecular weight excluding hydrogens is 528 g/mol. The second kappa shape index (κ2) is 9.65.